The molecule has 3 heterocycles. The van der Waals surface area contributed by atoms with E-state index in [-0.39, 0.29) is 18.9 Å². The molecule has 17 atom stereocenters. The summed E-state index contributed by atoms with van der Waals surface area (Å²) < 4.78 is 34.3. The third kappa shape index (κ3) is 33.9. The van der Waals surface area contributed by atoms with Crippen molar-refractivity contribution < 1.29 is 89.4 Å². The molecule has 0 saturated carbocycles. The first-order valence-corrected chi connectivity index (χ1v) is 35.0. The molecule has 518 valence electrons. The maximum atomic E-state index is 13.3. The van der Waals surface area contributed by atoms with E-state index in [1.807, 2.05) is 0 Å². The molecule has 19 heteroatoms. The van der Waals surface area contributed by atoms with Gasteiger partial charge in [0.15, 0.2) is 18.9 Å². The summed E-state index contributed by atoms with van der Waals surface area (Å²) in [6.45, 7) is 1.62. The number of hydrogen-bond donors (Lipinski definition) is 12. The van der Waals surface area contributed by atoms with Gasteiger partial charge in [0.25, 0.3) is 0 Å². The van der Waals surface area contributed by atoms with Crippen LogP contribution in [-0.4, -0.2) is 193 Å². The Morgan fingerprint density at radius 2 is 0.775 bits per heavy atom. The van der Waals surface area contributed by atoms with Gasteiger partial charge in [-0.1, -0.05) is 242 Å². The van der Waals surface area contributed by atoms with E-state index < -0.39 is 124 Å². The van der Waals surface area contributed by atoms with Crippen LogP contribution in [0, 0.1) is 0 Å². The van der Waals surface area contributed by atoms with Gasteiger partial charge in [-0.15, -0.1) is 0 Å². The van der Waals surface area contributed by atoms with E-state index in [9.17, 15) is 61.0 Å². The highest BCUT2D eigenvalue weighted by atomic mass is 16.8. The standard InChI is InChI=1S/C70H125NO18/c1-3-5-7-9-11-12-13-14-15-16-17-18-19-20-21-22-23-24-25-26-27-28-29-30-31-32-33-34-35-36-37-38-39-40-42-44-46-48-58(76)71-53(54(75)47-45-43-41-10-8-6-4-2)52-84-68-64(82)61(79)66(56(50-73)86-68)89-70-65(83)62(80)67(57(51-74)87-70)88-69-63(81)60(78)59(77)55(49-72)85-69/h5,7,11-12,14-15,17-18,20-21,53-57,59-70,72-75,77-83H,3-4,6,8-10,13,16,19,22-52H2,1-2H3,(H,71,76)/b7-5-,12-11-,15-14-,18-17-,21-20-. The fourth-order valence-corrected chi connectivity index (χ4v) is 11.7. The summed E-state index contributed by atoms with van der Waals surface area (Å²) in [7, 11) is 0. The topological polar surface area (TPSA) is 307 Å². The third-order valence-corrected chi connectivity index (χ3v) is 17.4. The molecule has 3 fully saturated rings. The van der Waals surface area contributed by atoms with Crippen molar-refractivity contribution in [2.45, 2.75) is 349 Å². The van der Waals surface area contributed by atoms with Gasteiger partial charge in [-0.3, -0.25) is 4.79 Å². The van der Waals surface area contributed by atoms with Crippen LogP contribution in [0.3, 0.4) is 0 Å². The molecule has 3 aliphatic heterocycles. The van der Waals surface area contributed by atoms with Gasteiger partial charge in [0.1, 0.15) is 73.2 Å². The fourth-order valence-electron chi connectivity index (χ4n) is 11.7. The van der Waals surface area contributed by atoms with Crippen LogP contribution in [0.4, 0.5) is 0 Å². The second-order valence-corrected chi connectivity index (χ2v) is 25.0. The molecular weight excluding hydrogens is 1140 g/mol. The van der Waals surface area contributed by atoms with Crippen LogP contribution in [-0.2, 0) is 33.2 Å². The Labute approximate surface area is 535 Å². The second-order valence-electron chi connectivity index (χ2n) is 25.0. The number of rotatable bonds is 53. The molecule has 0 radical (unpaired) electrons. The molecule has 0 aliphatic carbocycles. The van der Waals surface area contributed by atoms with Crippen molar-refractivity contribution in [1.82, 2.24) is 5.32 Å². The van der Waals surface area contributed by atoms with E-state index >= 15 is 0 Å². The van der Waals surface area contributed by atoms with Gasteiger partial charge in [0.2, 0.25) is 5.91 Å². The van der Waals surface area contributed by atoms with Gasteiger partial charge < -0.3 is 89.9 Å². The molecule has 0 aromatic rings. The van der Waals surface area contributed by atoms with Crippen LogP contribution >= 0.6 is 0 Å². The molecule has 3 rings (SSSR count). The number of unbranched alkanes of at least 4 members (excludes halogenated alkanes) is 27. The van der Waals surface area contributed by atoms with Crippen LogP contribution in [0.2, 0.25) is 0 Å². The van der Waals surface area contributed by atoms with Crippen LogP contribution in [0.1, 0.15) is 245 Å². The highest BCUT2D eigenvalue weighted by Gasteiger charge is 2.53. The van der Waals surface area contributed by atoms with Gasteiger partial charge in [-0.2, -0.15) is 0 Å². The van der Waals surface area contributed by atoms with Crippen molar-refractivity contribution >= 4 is 5.91 Å². The third-order valence-electron chi connectivity index (χ3n) is 17.4. The van der Waals surface area contributed by atoms with Crippen LogP contribution in [0.15, 0.2) is 60.8 Å². The number of carbonyl (C=O) groups excluding carboxylic acids is 1. The minimum Gasteiger partial charge on any atom is -0.394 e. The predicted molar refractivity (Wildman–Crippen MR) is 346 cm³/mol. The predicted octanol–water partition coefficient (Wildman–Crippen LogP) is 9.16. The molecule has 3 saturated heterocycles. The molecule has 89 heavy (non-hydrogen) atoms. The SMILES string of the molecule is CC/C=C\C/C=C\C/C=C\C/C=C\C/C=C\CCCCCCCCCCCCCCCCCCCCCCCC(=O)NC(COC1OC(CO)C(OC2OC(CO)C(OC3OC(CO)C(O)C(O)C3O)C(O)C2O)C(O)C1O)C(O)CCCCCCCCC. The molecule has 0 aromatic heterocycles. The zero-order valence-electron chi connectivity index (χ0n) is 54.6. The Kier molecular flexibility index (Phi) is 47.0. The van der Waals surface area contributed by atoms with Crippen molar-refractivity contribution in [3.05, 3.63) is 60.8 Å². The maximum Gasteiger partial charge on any atom is 0.220 e. The Bertz CT molecular complexity index is 1850. The average Bonchev–Trinajstić information content (AvgIpc) is 2.14. The molecular formula is C70H125NO18. The van der Waals surface area contributed by atoms with E-state index in [1.54, 1.807) is 0 Å². The minimum atomic E-state index is -1.97. The largest absolute Gasteiger partial charge is 0.394 e. The van der Waals surface area contributed by atoms with E-state index in [1.165, 1.54) is 122 Å². The lowest BCUT2D eigenvalue weighted by molar-refractivity contribution is -0.379. The Morgan fingerprint density at radius 1 is 0.416 bits per heavy atom. The monoisotopic (exact) mass is 1270 g/mol. The van der Waals surface area contributed by atoms with E-state index in [0.29, 0.717) is 12.8 Å². The van der Waals surface area contributed by atoms with Gasteiger partial charge >= 0.3 is 0 Å². The van der Waals surface area contributed by atoms with Crippen LogP contribution < -0.4 is 5.32 Å². The Hall–Kier alpha value is -2.51. The smallest absolute Gasteiger partial charge is 0.220 e. The molecule has 0 spiro atoms. The van der Waals surface area contributed by atoms with Gasteiger partial charge in [-0.25, -0.2) is 0 Å². The Morgan fingerprint density at radius 3 is 1.21 bits per heavy atom. The number of aliphatic hydroxyl groups is 11. The normalized spacial score (nSPS) is 28.6. The quantitative estimate of drug-likeness (QED) is 0.0199. The van der Waals surface area contributed by atoms with Crippen molar-refractivity contribution in [3.63, 3.8) is 0 Å². The highest BCUT2D eigenvalue weighted by molar-refractivity contribution is 5.76. The lowest BCUT2D eigenvalue weighted by atomic mass is 9.96. The first-order chi connectivity index (χ1) is 43.3. The summed E-state index contributed by atoms with van der Waals surface area (Å²) in [6, 6.07) is -0.884. The number of nitrogens with one attached hydrogen (secondary N) is 1. The molecule has 0 aromatic carbocycles. The minimum absolute atomic E-state index is 0.246. The van der Waals surface area contributed by atoms with Crippen LogP contribution in [0.25, 0.3) is 0 Å². The van der Waals surface area contributed by atoms with Gasteiger partial charge in [0, 0.05) is 6.42 Å². The summed E-state index contributed by atoms with van der Waals surface area (Å²) in [5.41, 5.74) is 0. The summed E-state index contributed by atoms with van der Waals surface area (Å²) in [6.07, 6.45) is 36.7. The summed E-state index contributed by atoms with van der Waals surface area (Å²) in [4.78, 5) is 13.3. The van der Waals surface area contributed by atoms with Crippen molar-refractivity contribution in [3.8, 4) is 0 Å². The first kappa shape index (κ1) is 80.7. The zero-order valence-corrected chi connectivity index (χ0v) is 54.6. The summed E-state index contributed by atoms with van der Waals surface area (Å²) in [5.74, 6) is -0.246. The summed E-state index contributed by atoms with van der Waals surface area (Å²) in [5, 5.41) is 120. The zero-order chi connectivity index (χ0) is 64.7. The first-order valence-electron chi connectivity index (χ1n) is 35.0. The number of allylic oxidation sites excluding steroid dienone is 10. The second kappa shape index (κ2) is 51.8. The van der Waals surface area contributed by atoms with Gasteiger partial charge in [0.05, 0.1) is 38.6 Å². The van der Waals surface area contributed by atoms with Crippen LogP contribution in [0.5, 0.6) is 0 Å². The molecule has 12 N–H and O–H groups in total. The number of hydrogen-bond acceptors (Lipinski definition) is 18. The average molecular weight is 1270 g/mol. The fraction of sp³-hybridized carbons (Fsp3) is 0.843. The Balaban J connectivity index is 1.26. The van der Waals surface area contributed by atoms with Crippen molar-refractivity contribution in [2.75, 3.05) is 26.4 Å². The number of aliphatic hydroxyl groups excluding tert-OH is 11. The van der Waals surface area contributed by atoms with E-state index in [4.69, 9.17) is 28.4 Å². The molecule has 19 nitrogen and oxygen atoms in total. The number of amides is 1. The lowest BCUT2D eigenvalue weighted by Gasteiger charge is -2.48. The highest BCUT2D eigenvalue weighted by Crippen LogP contribution is 2.33. The lowest BCUT2D eigenvalue weighted by Crippen LogP contribution is -2.66. The number of carbonyl (C=O) groups is 1. The number of ether oxygens (including phenoxy) is 6. The van der Waals surface area contributed by atoms with Crippen molar-refractivity contribution in [2.24, 2.45) is 0 Å². The van der Waals surface area contributed by atoms with E-state index in [0.717, 1.165) is 89.9 Å². The van der Waals surface area contributed by atoms with Crippen molar-refractivity contribution in [1.29, 1.82) is 0 Å². The summed E-state index contributed by atoms with van der Waals surface area (Å²) >= 11 is 0. The molecule has 1 amide bonds. The molecule has 0 bridgehead atoms. The molecule has 17 unspecified atom stereocenters. The molecule has 3 aliphatic rings. The van der Waals surface area contributed by atoms with Gasteiger partial charge in [-0.05, 0) is 57.8 Å². The van der Waals surface area contributed by atoms with E-state index in [2.05, 4.69) is 79.9 Å². The maximum absolute atomic E-state index is 13.3.